The SMILES string of the molecule is CNCc1cn(-c2ccccc2COC)cn1. The van der Waals surface area contributed by atoms with Crippen molar-refractivity contribution in [1.29, 1.82) is 0 Å². The largest absolute Gasteiger partial charge is 0.380 e. The number of benzene rings is 1. The molecule has 0 aliphatic rings. The van der Waals surface area contributed by atoms with Crippen LogP contribution in [0.1, 0.15) is 11.3 Å². The number of hydrogen-bond donors (Lipinski definition) is 1. The Bertz CT molecular complexity index is 479. The van der Waals surface area contributed by atoms with Crippen LogP contribution in [0.25, 0.3) is 5.69 Å². The van der Waals surface area contributed by atoms with Gasteiger partial charge in [0, 0.05) is 25.4 Å². The second-order valence-corrected chi connectivity index (χ2v) is 3.86. The van der Waals surface area contributed by atoms with Gasteiger partial charge in [-0.2, -0.15) is 0 Å². The highest BCUT2D eigenvalue weighted by molar-refractivity contribution is 5.40. The lowest BCUT2D eigenvalue weighted by molar-refractivity contribution is 0.185. The Hall–Kier alpha value is -1.65. The van der Waals surface area contributed by atoms with Crippen LogP contribution in [-0.2, 0) is 17.9 Å². The van der Waals surface area contributed by atoms with Gasteiger partial charge in [0.05, 0.1) is 24.3 Å². The summed E-state index contributed by atoms with van der Waals surface area (Å²) in [5.74, 6) is 0. The average Bonchev–Trinajstić information content (AvgIpc) is 2.79. The summed E-state index contributed by atoms with van der Waals surface area (Å²) in [6.07, 6.45) is 3.87. The Labute approximate surface area is 101 Å². The van der Waals surface area contributed by atoms with Gasteiger partial charge in [0.15, 0.2) is 0 Å². The monoisotopic (exact) mass is 231 g/mol. The first kappa shape index (κ1) is 11.8. The van der Waals surface area contributed by atoms with Gasteiger partial charge in [-0.05, 0) is 13.1 Å². The molecule has 1 heterocycles. The third kappa shape index (κ3) is 2.72. The molecule has 0 aliphatic heterocycles. The summed E-state index contributed by atoms with van der Waals surface area (Å²) in [6, 6.07) is 8.17. The Morgan fingerprint density at radius 2 is 2.18 bits per heavy atom. The van der Waals surface area contributed by atoms with E-state index in [9.17, 15) is 0 Å². The van der Waals surface area contributed by atoms with Crippen LogP contribution in [0.15, 0.2) is 36.8 Å². The summed E-state index contributed by atoms with van der Waals surface area (Å²) in [6.45, 7) is 1.38. The van der Waals surface area contributed by atoms with Crippen LogP contribution in [0, 0.1) is 0 Å². The maximum atomic E-state index is 5.20. The number of hydrogen-bond acceptors (Lipinski definition) is 3. The average molecular weight is 231 g/mol. The molecule has 1 aromatic carbocycles. The lowest BCUT2D eigenvalue weighted by Crippen LogP contribution is -2.05. The van der Waals surface area contributed by atoms with Gasteiger partial charge in [0.1, 0.15) is 0 Å². The lowest BCUT2D eigenvalue weighted by atomic mass is 10.2. The molecule has 0 saturated carbocycles. The minimum atomic E-state index is 0.607. The summed E-state index contributed by atoms with van der Waals surface area (Å²) in [5.41, 5.74) is 3.30. The Kier molecular flexibility index (Phi) is 3.90. The maximum Gasteiger partial charge on any atom is 0.0995 e. The third-order valence-electron chi connectivity index (χ3n) is 2.56. The molecule has 2 aromatic rings. The normalized spacial score (nSPS) is 10.7. The molecule has 0 bridgehead atoms. The van der Waals surface area contributed by atoms with Crippen molar-refractivity contribution in [1.82, 2.24) is 14.9 Å². The second-order valence-electron chi connectivity index (χ2n) is 3.86. The molecule has 0 saturated heterocycles. The number of rotatable bonds is 5. The van der Waals surface area contributed by atoms with Gasteiger partial charge in [-0.25, -0.2) is 4.98 Å². The summed E-state index contributed by atoms with van der Waals surface area (Å²) >= 11 is 0. The van der Waals surface area contributed by atoms with Crippen molar-refractivity contribution < 1.29 is 4.74 Å². The first-order valence-electron chi connectivity index (χ1n) is 5.60. The molecule has 17 heavy (non-hydrogen) atoms. The van der Waals surface area contributed by atoms with Gasteiger partial charge < -0.3 is 14.6 Å². The molecule has 0 radical (unpaired) electrons. The van der Waals surface area contributed by atoms with Crippen molar-refractivity contribution in [3.8, 4) is 5.69 Å². The Balaban J connectivity index is 2.31. The zero-order chi connectivity index (χ0) is 12.1. The van der Waals surface area contributed by atoms with Crippen molar-refractivity contribution in [2.45, 2.75) is 13.2 Å². The molecule has 1 N–H and O–H groups in total. The number of nitrogens with one attached hydrogen (secondary N) is 1. The molecule has 90 valence electrons. The quantitative estimate of drug-likeness (QED) is 0.852. The lowest BCUT2D eigenvalue weighted by Gasteiger charge is -2.08. The number of nitrogens with zero attached hydrogens (tertiary/aromatic N) is 2. The smallest absolute Gasteiger partial charge is 0.0995 e. The van der Waals surface area contributed by atoms with Crippen molar-refractivity contribution in [3.63, 3.8) is 0 Å². The summed E-state index contributed by atoms with van der Waals surface area (Å²) in [5, 5.41) is 3.09. The van der Waals surface area contributed by atoms with Crippen LogP contribution in [-0.4, -0.2) is 23.7 Å². The van der Waals surface area contributed by atoms with Gasteiger partial charge in [-0.15, -0.1) is 0 Å². The van der Waals surface area contributed by atoms with E-state index in [1.807, 2.05) is 36.3 Å². The van der Waals surface area contributed by atoms with E-state index in [0.717, 1.165) is 23.5 Å². The number of para-hydroxylation sites is 1. The van der Waals surface area contributed by atoms with Gasteiger partial charge >= 0.3 is 0 Å². The van der Waals surface area contributed by atoms with Crippen molar-refractivity contribution in [3.05, 3.63) is 48.0 Å². The zero-order valence-electron chi connectivity index (χ0n) is 10.2. The molecule has 0 spiro atoms. The molecular formula is C13H17N3O. The molecule has 1 aromatic heterocycles. The highest BCUT2D eigenvalue weighted by Crippen LogP contribution is 2.15. The standard InChI is InChI=1S/C13H17N3O/c1-14-7-12-8-16(10-15-12)13-6-4-3-5-11(13)9-17-2/h3-6,8,10,14H,7,9H2,1-2H3. The number of imidazole rings is 1. The Morgan fingerprint density at radius 3 is 2.94 bits per heavy atom. The topological polar surface area (TPSA) is 39.1 Å². The molecule has 0 atom stereocenters. The molecule has 4 heteroatoms. The number of methoxy groups -OCH3 is 1. The fourth-order valence-corrected chi connectivity index (χ4v) is 1.81. The molecule has 0 aliphatic carbocycles. The first-order valence-corrected chi connectivity index (χ1v) is 5.60. The van der Waals surface area contributed by atoms with E-state index in [1.54, 1.807) is 7.11 Å². The summed E-state index contributed by atoms with van der Waals surface area (Å²) < 4.78 is 7.23. The van der Waals surface area contributed by atoms with E-state index in [-0.39, 0.29) is 0 Å². The Morgan fingerprint density at radius 1 is 1.35 bits per heavy atom. The van der Waals surface area contributed by atoms with Crippen LogP contribution in [0.5, 0.6) is 0 Å². The molecular weight excluding hydrogens is 214 g/mol. The maximum absolute atomic E-state index is 5.20. The van der Waals surface area contributed by atoms with E-state index in [2.05, 4.69) is 22.4 Å². The molecule has 2 rings (SSSR count). The number of ether oxygens (including phenoxy) is 1. The van der Waals surface area contributed by atoms with Crippen LogP contribution in [0.3, 0.4) is 0 Å². The third-order valence-corrected chi connectivity index (χ3v) is 2.56. The first-order chi connectivity index (χ1) is 8.35. The predicted molar refractivity (Wildman–Crippen MR) is 67.0 cm³/mol. The molecule has 0 fully saturated rings. The van der Waals surface area contributed by atoms with E-state index in [4.69, 9.17) is 4.74 Å². The zero-order valence-corrected chi connectivity index (χ0v) is 10.2. The van der Waals surface area contributed by atoms with Gasteiger partial charge in [-0.3, -0.25) is 0 Å². The fraction of sp³-hybridized carbons (Fsp3) is 0.308. The minimum Gasteiger partial charge on any atom is -0.380 e. The number of aromatic nitrogens is 2. The van der Waals surface area contributed by atoms with Crippen LogP contribution in [0.2, 0.25) is 0 Å². The van der Waals surface area contributed by atoms with E-state index < -0.39 is 0 Å². The fourth-order valence-electron chi connectivity index (χ4n) is 1.81. The summed E-state index contributed by atoms with van der Waals surface area (Å²) in [4.78, 5) is 4.34. The van der Waals surface area contributed by atoms with E-state index >= 15 is 0 Å². The van der Waals surface area contributed by atoms with Gasteiger partial charge in [0.25, 0.3) is 0 Å². The van der Waals surface area contributed by atoms with Crippen LogP contribution >= 0.6 is 0 Å². The summed E-state index contributed by atoms with van der Waals surface area (Å²) in [7, 11) is 3.62. The minimum absolute atomic E-state index is 0.607. The second kappa shape index (κ2) is 5.61. The van der Waals surface area contributed by atoms with Crippen molar-refractivity contribution in [2.24, 2.45) is 0 Å². The predicted octanol–water partition coefficient (Wildman–Crippen LogP) is 1.74. The molecule has 4 nitrogen and oxygen atoms in total. The highest BCUT2D eigenvalue weighted by atomic mass is 16.5. The van der Waals surface area contributed by atoms with Gasteiger partial charge in [-0.1, -0.05) is 18.2 Å². The van der Waals surface area contributed by atoms with E-state index in [0.29, 0.717) is 6.61 Å². The van der Waals surface area contributed by atoms with Crippen molar-refractivity contribution >= 4 is 0 Å². The van der Waals surface area contributed by atoms with Crippen LogP contribution < -0.4 is 5.32 Å². The highest BCUT2D eigenvalue weighted by Gasteiger charge is 2.04. The van der Waals surface area contributed by atoms with Gasteiger partial charge in [0.2, 0.25) is 0 Å². The van der Waals surface area contributed by atoms with Crippen LogP contribution in [0.4, 0.5) is 0 Å². The molecule has 0 amide bonds. The molecule has 0 unspecified atom stereocenters. The van der Waals surface area contributed by atoms with Crippen molar-refractivity contribution in [2.75, 3.05) is 14.2 Å². The van der Waals surface area contributed by atoms with E-state index in [1.165, 1.54) is 0 Å².